The van der Waals surface area contributed by atoms with Gasteiger partial charge in [-0.15, -0.1) is 0 Å². The first-order chi connectivity index (χ1) is 15.5. The summed E-state index contributed by atoms with van der Waals surface area (Å²) >= 11 is 11.5. The van der Waals surface area contributed by atoms with Crippen LogP contribution in [-0.2, 0) is 19.1 Å². The van der Waals surface area contributed by atoms with Crippen LogP contribution in [0.3, 0.4) is 0 Å². The predicted octanol–water partition coefficient (Wildman–Crippen LogP) is 3.32. The van der Waals surface area contributed by atoms with Crippen molar-refractivity contribution in [1.82, 2.24) is 4.90 Å². The number of hydrogen-bond donors (Lipinski definition) is 0. The highest BCUT2D eigenvalue weighted by molar-refractivity contribution is 7.80. The second kappa shape index (κ2) is 9.68. The molecular formula is C23H22ClN3O4S. The van der Waals surface area contributed by atoms with Crippen molar-refractivity contribution in [2.24, 2.45) is 0 Å². The molecule has 0 saturated carbocycles. The molecule has 2 heterocycles. The molecule has 2 aliphatic rings. The Labute approximate surface area is 196 Å². The highest BCUT2D eigenvalue weighted by Gasteiger charge is 2.40. The van der Waals surface area contributed by atoms with E-state index in [9.17, 15) is 9.59 Å². The number of esters is 1. The zero-order valence-corrected chi connectivity index (χ0v) is 19.1. The third-order valence-corrected chi connectivity index (χ3v) is 5.96. The summed E-state index contributed by atoms with van der Waals surface area (Å²) in [4.78, 5) is 30.5. The van der Waals surface area contributed by atoms with Crippen molar-refractivity contribution in [2.75, 3.05) is 49.8 Å². The molecule has 32 heavy (non-hydrogen) atoms. The van der Waals surface area contributed by atoms with E-state index in [0.29, 0.717) is 29.6 Å². The lowest BCUT2D eigenvalue weighted by atomic mass is 10.1. The van der Waals surface area contributed by atoms with Gasteiger partial charge in [0, 0.05) is 23.8 Å². The highest BCUT2D eigenvalue weighted by atomic mass is 35.5. The topological polar surface area (TPSA) is 62.3 Å². The molecular weight excluding hydrogens is 450 g/mol. The molecule has 2 saturated heterocycles. The number of carbonyl (C=O) groups excluding carboxylic acids is 2. The number of amides is 1. The van der Waals surface area contributed by atoms with E-state index in [-0.39, 0.29) is 17.6 Å². The number of hydrogen-bond acceptors (Lipinski definition) is 6. The normalized spacial score (nSPS) is 17.9. The van der Waals surface area contributed by atoms with Crippen LogP contribution in [0, 0.1) is 0 Å². The van der Waals surface area contributed by atoms with Gasteiger partial charge in [0.1, 0.15) is 12.2 Å². The molecule has 0 unspecified atom stereocenters. The largest absolute Gasteiger partial charge is 0.468 e. The smallest absolute Gasteiger partial charge is 0.325 e. The van der Waals surface area contributed by atoms with E-state index < -0.39 is 5.97 Å². The van der Waals surface area contributed by atoms with Gasteiger partial charge in [0.2, 0.25) is 0 Å². The molecule has 2 aliphatic heterocycles. The van der Waals surface area contributed by atoms with E-state index in [2.05, 4.69) is 4.90 Å². The van der Waals surface area contributed by atoms with Crippen LogP contribution >= 0.6 is 23.8 Å². The second-order valence-electron chi connectivity index (χ2n) is 7.28. The van der Waals surface area contributed by atoms with Crippen molar-refractivity contribution < 1.29 is 19.1 Å². The first kappa shape index (κ1) is 22.3. The van der Waals surface area contributed by atoms with E-state index in [4.69, 9.17) is 33.3 Å². The molecule has 166 valence electrons. The number of anilines is 2. The van der Waals surface area contributed by atoms with Gasteiger partial charge in [0.05, 0.1) is 26.0 Å². The maximum atomic E-state index is 13.3. The third-order valence-electron chi connectivity index (χ3n) is 5.31. The van der Waals surface area contributed by atoms with Gasteiger partial charge in [-0.2, -0.15) is 0 Å². The molecule has 0 aliphatic carbocycles. The van der Waals surface area contributed by atoms with Crippen molar-refractivity contribution >= 4 is 58.3 Å². The monoisotopic (exact) mass is 471 g/mol. The van der Waals surface area contributed by atoms with Gasteiger partial charge in [-0.25, -0.2) is 0 Å². The fourth-order valence-electron chi connectivity index (χ4n) is 3.61. The Morgan fingerprint density at radius 1 is 1.09 bits per heavy atom. The number of rotatable bonds is 5. The Morgan fingerprint density at radius 2 is 1.72 bits per heavy atom. The fourth-order valence-corrected chi connectivity index (χ4v) is 4.08. The molecule has 0 atom stereocenters. The molecule has 4 rings (SSSR count). The standard InChI is InChI=1S/C23H22ClN3O4S/c1-30-21(28)15-26-20(22(29)27(23(26)32)19-8-4-17(24)5-9-19)14-16-2-6-18(7-3-16)25-10-12-31-13-11-25/h2-9,14H,10-13,15H2,1H3/b20-14-. The molecule has 2 fully saturated rings. The van der Waals surface area contributed by atoms with Gasteiger partial charge in [-0.1, -0.05) is 23.7 Å². The summed E-state index contributed by atoms with van der Waals surface area (Å²) in [7, 11) is 1.30. The highest BCUT2D eigenvalue weighted by Crippen LogP contribution is 2.30. The Balaban J connectivity index is 1.65. The van der Waals surface area contributed by atoms with Crippen LogP contribution in [0.25, 0.3) is 6.08 Å². The molecule has 2 aromatic rings. The van der Waals surface area contributed by atoms with Crippen LogP contribution < -0.4 is 9.80 Å². The number of nitrogens with zero attached hydrogens (tertiary/aromatic N) is 3. The van der Waals surface area contributed by atoms with Crippen molar-refractivity contribution in [2.45, 2.75) is 0 Å². The van der Waals surface area contributed by atoms with Crippen LogP contribution in [-0.4, -0.2) is 61.8 Å². The van der Waals surface area contributed by atoms with Gasteiger partial charge in [-0.05, 0) is 60.3 Å². The summed E-state index contributed by atoms with van der Waals surface area (Å²) in [6.07, 6.45) is 1.73. The number of carbonyl (C=O) groups is 2. The molecule has 0 N–H and O–H groups in total. The fraction of sp³-hybridized carbons (Fsp3) is 0.261. The van der Waals surface area contributed by atoms with Crippen LogP contribution in [0.1, 0.15) is 5.56 Å². The number of morpholine rings is 1. The number of methoxy groups -OCH3 is 1. The van der Waals surface area contributed by atoms with Crippen LogP contribution in [0.15, 0.2) is 54.2 Å². The van der Waals surface area contributed by atoms with Gasteiger partial charge < -0.3 is 19.3 Å². The van der Waals surface area contributed by atoms with E-state index in [0.717, 1.165) is 24.3 Å². The first-order valence-corrected chi connectivity index (χ1v) is 10.9. The van der Waals surface area contributed by atoms with E-state index in [1.807, 2.05) is 24.3 Å². The zero-order valence-electron chi connectivity index (χ0n) is 17.5. The lowest BCUT2D eigenvalue weighted by molar-refractivity contribution is -0.140. The van der Waals surface area contributed by atoms with Gasteiger partial charge >= 0.3 is 5.97 Å². The Hall–Kier alpha value is -2.94. The average Bonchev–Trinajstić information content (AvgIpc) is 3.04. The minimum absolute atomic E-state index is 0.164. The SMILES string of the molecule is COC(=O)CN1C(=S)N(c2ccc(Cl)cc2)C(=O)/C1=C/c1ccc(N2CCOCC2)cc1. The Bertz CT molecular complexity index is 1050. The summed E-state index contributed by atoms with van der Waals surface area (Å²) in [5.74, 6) is -0.815. The summed E-state index contributed by atoms with van der Waals surface area (Å²) in [6.45, 7) is 2.94. The molecule has 2 aromatic carbocycles. The minimum Gasteiger partial charge on any atom is -0.468 e. The first-order valence-electron chi connectivity index (χ1n) is 10.1. The molecule has 7 nitrogen and oxygen atoms in total. The predicted molar refractivity (Wildman–Crippen MR) is 128 cm³/mol. The van der Waals surface area contributed by atoms with Gasteiger partial charge in [0.15, 0.2) is 5.11 Å². The van der Waals surface area contributed by atoms with Crippen LogP contribution in [0.4, 0.5) is 11.4 Å². The molecule has 0 aromatic heterocycles. The van der Waals surface area contributed by atoms with Crippen molar-refractivity contribution in [1.29, 1.82) is 0 Å². The molecule has 0 spiro atoms. The maximum absolute atomic E-state index is 13.3. The third kappa shape index (κ3) is 4.62. The molecule has 0 bridgehead atoms. The number of thiocarbonyl (C=S) groups is 1. The van der Waals surface area contributed by atoms with Crippen molar-refractivity contribution in [3.05, 3.63) is 64.8 Å². The number of ether oxygens (including phenoxy) is 2. The minimum atomic E-state index is -0.494. The summed E-state index contributed by atoms with van der Waals surface area (Å²) < 4.78 is 10.2. The van der Waals surface area contributed by atoms with Gasteiger partial charge in [0.25, 0.3) is 5.91 Å². The van der Waals surface area contributed by atoms with E-state index in [1.165, 1.54) is 16.9 Å². The quantitative estimate of drug-likeness (QED) is 0.376. The lowest BCUT2D eigenvalue weighted by Crippen LogP contribution is -2.36. The summed E-state index contributed by atoms with van der Waals surface area (Å²) in [5, 5.41) is 0.757. The average molecular weight is 472 g/mol. The molecule has 1 amide bonds. The van der Waals surface area contributed by atoms with Crippen molar-refractivity contribution in [3.8, 4) is 0 Å². The summed E-state index contributed by atoms with van der Waals surface area (Å²) in [5.41, 5.74) is 2.79. The van der Waals surface area contributed by atoms with Gasteiger partial charge in [-0.3, -0.25) is 14.5 Å². The second-order valence-corrected chi connectivity index (χ2v) is 8.08. The Morgan fingerprint density at radius 3 is 2.34 bits per heavy atom. The Kier molecular flexibility index (Phi) is 6.74. The van der Waals surface area contributed by atoms with E-state index in [1.54, 1.807) is 30.3 Å². The van der Waals surface area contributed by atoms with Crippen LogP contribution in [0.5, 0.6) is 0 Å². The van der Waals surface area contributed by atoms with Crippen molar-refractivity contribution in [3.63, 3.8) is 0 Å². The molecule has 0 radical (unpaired) electrons. The maximum Gasteiger partial charge on any atom is 0.325 e. The number of benzene rings is 2. The lowest BCUT2D eigenvalue weighted by Gasteiger charge is -2.28. The van der Waals surface area contributed by atoms with E-state index >= 15 is 0 Å². The number of halogens is 1. The molecule has 9 heteroatoms. The van der Waals surface area contributed by atoms with Crippen LogP contribution in [0.2, 0.25) is 5.02 Å². The summed E-state index contributed by atoms with van der Waals surface area (Å²) in [6, 6.07) is 14.7. The zero-order chi connectivity index (χ0) is 22.7.